The second-order valence-electron chi connectivity index (χ2n) is 7.80. The van der Waals surface area contributed by atoms with Crippen molar-refractivity contribution in [1.82, 2.24) is 0 Å². The van der Waals surface area contributed by atoms with Crippen LogP contribution >= 0.6 is 0 Å². The van der Waals surface area contributed by atoms with Gasteiger partial charge in [0.2, 0.25) is 0 Å². The summed E-state index contributed by atoms with van der Waals surface area (Å²) in [5.41, 5.74) is -0.557. The highest BCUT2D eigenvalue weighted by atomic mass is 16.7. The van der Waals surface area contributed by atoms with Crippen LogP contribution in [-0.4, -0.2) is 26.2 Å². The van der Waals surface area contributed by atoms with E-state index in [0.29, 0.717) is 0 Å². The zero-order valence-corrected chi connectivity index (χ0v) is 13.8. The second kappa shape index (κ2) is 6.04. The molecular weight excluding hydrogens is 246 g/mol. The fourth-order valence-corrected chi connectivity index (χ4v) is 3.23. The van der Waals surface area contributed by atoms with E-state index in [0.717, 1.165) is 12.8 Å². The maximum absolute atomic E-state index is 6.75. The van der Waals surface area contributed by atoms with Crippen LogP contribution in [0.5, 0.6) is 0 Å². The molecule has 4 heteroatoms. The molecule has 2 rings (SSSR count). The van der Waals surface area contributed by atoms with E-state index in [4.69, 9.17) is 17.2 Å². The van der Waals surface area contributed by atoms with Crippen molar-refractivity contribution in [2.45, 2.75) is 102 Å². The second-order valence-corrected chi connectivity index (χ2v) is 7.80. The van der Waals surface area contributed by atoms with Gasteiger partial charge in [-0.25, -0.2) is 0 Å². The molecule has 0 aromatic heterocycles. The third-order valence-corrected chi connectivity index (χ3v) is 5.51. The van der Waals surface area contributed by atoms with Crippen molar-refractivity contribution in [2.75, 3.05) is 0 Å². The molecule has 0 bridgehead atoms. The average Bonchev–Trinajstić information content (AvgIpc) is 2.58. The summed E-state index contributed by atoms with van der Waals surface area (Å²) in [5, 5.41) is -0.317. The third kappa shape index (κ3) is 3.44. The molecule has 1 aliphatic carbocycles. The van der Waals surface area contributed by atoms with Crippen LogP contribution in [0.25, 0.3) is 0 Å². The number of hydrogen-bond donors (Lipinski definition) is 0. The van der Waals surface area contributed by atoms with E-state index in [1.54, 1.807) is 0 Å². The molecule has 0 aromatic rings. The summed E-state index contributed by atoms with van der Waals surface area (Å²) in [6, 6.07) is 0. The van der Waals surface area contributed by atoms with Crippen LogP contribution in [0.2, 0.25) is 5.21 Å². The first-order valence-corrected chi connectivity index (χ1v) is 8.41. The smallest absolute Gasteiger partial charge is 0.403 e. The van der Waals surface area contributed by atoms with Gasteiger partial charge in [0.15, 0.2) is 0 Å². The Kier molecular flexibility index (Phi) is 4.96. The summed E-state index contributed by atoms with van der Waals surface area (Å²) in [5.74, 6) is 0. The third-order valence-electron chi connectivity index (χ3n) is 5.51. The van der Waals surface area contributed by atoms with E-state index in [-0.39, 0.29) is 23.5 Å². The summed E-state index contributed by atoms with van der Waals surface area (Å²) >= 11 is 0. The van der Waals surface area contributed by atoms with E-state index in [1.165, 1.54) is 44.9 Å². The Bertz CT molecular complexity index is 302. The van der Waals surface area contributed by atoms with Gasteiger partial charge in [-0.15, -0.1) is 0 Å². The highest BCUT2D eigenvalue weighted by Crippen LogP contribution is 2.48. The van der Waals surface area contributed by atoms with Crippen molar-refractivity contribution in [2.24, 2.45) is 0 Å². The first-order valence-electron chi connectivity index (χ1n) is 8.41. The molecule has 0 spiro atoms. The van der Waals surface area contributed by atoms with Gasteiger partial charge >= 0.3 is 7.12 Å². The molecule has 2 fully saturated rings. The predicted molar refractivity (Wildman–Crippen MR) is 86.1 cm³/mol. The zero-order chi connectivity index (χ0) is 14.9. The quantitative estimate of drug-likeness (QED) is 0.658. The lowest BCUT2D eigenvalue weighted by Gasteiger charge is -2.33. The maximum atomic E-state index is 6.75. The zero-order valence-electron chi connectivity index (χ0n) is 13.8. The minimum atomic E-state index is -0.317. The SMILES string of the molecule is [B]C1(B2OC(C)(C)C(C)(C)O2)CCCCCCCCC1. The van der Waals surface area contributed by atoms with Crippen molar-refractivity contribution in [1.29, 1.82) is 0 Å². The lowest BCUT2D eigenvalue weighted by atomic mass is 9.42. The predicted octanol–water partition coefficient (Wildman–Crippen LogP) is 4.47. The van der Waals surface area contributed by atoms with E-state index in [9.17, 15) is 0 Å². The van der Waals surface area contributed by atoms with Crippen LogP contribution in [0.1, 0.15) is 85.5 Å². The molecule has 2 radical (unpaired) electrons. The monoisotopic (exact) mass is 276 g/mol. The van der Waals surface area contributed by atoms with Gasteiger partial charge in [0.05, 0.1) is 19.0 Å². The Morgan fingerprint density at radius 2 is 1.05 bits per heavy atom. The van der Waals surface area contributed by atoms with Crippen molar-refractivity contribution in [3.05, 3.63) is 0 Å². The summed E-state index contributed by atoms with van der Waals surface area (Å²) in [6.07, 6.45) is 11.1. The molecule has 1 heterocycles. The molecule has 0 amide bonds. The topological polar surface area (TPSA) is 18.5 Å². The molecule has 2 nitrogen and oxygen atoms in total. The van der Waals surface area contributed by atoms with Gasteiger partial charge in [-0.2, -0.15) is 0 Å². The Balaban J connectivity index is 2.07. The van der Waals surface area contributed by atoms with E-state index >= 15 is 0 Å². The first-order chi connectivity index (χ1) is 9.27. The minimum absolute atomic E-state index is 0.257. The van der Waals surface area contributed by atoms with Gasteiger partial charge in [-0.05, 0) is 32.9 Å². The number of rotatable bonds is 1. The molecule has 0 unspecified atom stereocenters. The fraction of sp³-hybridized carbons (Fsp3) is 1.00. The van der Waals surface area contributed by atoms with Crippen molar-refractivity contribution in [3.8, 4) is 0 Å². The van der Waals surface area contributed by atoms with Gasteiger partial charge in [0.1, 0.15) is 0 Å². The van der Waals surface area contributed by atoms with Gasteiger partial charge in [0.25, 0.3) is 0 Å². The summed E-state index contributed by atoms with van der Waals surface area (Å²) < 4.78 is 12.5. The van der Waals surface area contributed by atoms with Crippen molar-refractivity contribution < 1.29 is 9.31 Å². The lowest BCUT2D eigenvalue weighted by molar-refractivity contribution is 0.00578. The van der Waals surface area contributed by atoms with Crippen molar-refractivity contribution >= 4 is 15.0 Å². The molecule has 2 aliphatic rings. The molecule has 20 heavy (non-hydrogen) atoms. The van der Waals surface area contributed by atoms with E-state index in [1.807, 2.05) is 0 Å². The first kappa shape index (κ1) is 16.4. The Morgan fingerprint density at radius 3 is 1.45 bits per heavy atom. The van der Waals surface area contributed by atoms with Crippen LogP contribution in [0.4, 0.5) is 0 Å². The molecule has 1 saturated heterocycles. The van der Waals surface area contributed by atoms with Crippen molar-refractivity contribution in [3.63, 3.8) is 0 Å². The molecule has 0 N–H and O–H groups in total. The average molecular weight is 276 g/mol. The van der Waals surface area contributed by atoms with E-state index in [2.05, 4.69) is 27.7 Å². The molecular formula is C16H30B2O2. The highest BCUT2D eigenvalue weighted by molar-refractivity contribution is 6.60. The van der Waals surface area contributed by atoms with E-state index < -0.39 is 0 Å². The van der Waals surface area contributed by atoms with Gasteiger partial charge < -0.3 is 9.31 Å². The van der Waals surface area contributed by atoms with Gasteiger partial charge in [-0.3, -0.25) is 0 Å². The molecule has 0 atom stereocenters. The molecule has 1 saturated carbocycles. The molecule has 112 valence electrons. The Labute approximate surface area is 126 Å². The van der Waals surface area contributed by atoms with Crippen LogP contribution < -0.4 is 0 Å². The Morgan fingerprint density at radius 1 is 0.700 bits per heavy atom. The highest BCUT2D eigenvalue weighted by Gasteiger charge is 2.56. The standard InChI is InChI=1S/C16H30B2O2/c1-14(2)15(3,4)20-18(19-14)16(17)12-10-8-6-5-7-9-11-13-16/h5-13H2,1-4H3. The van der Waals surface area contributed by atoms with Gasteiger partial charge in [-0.1, -0.05) is 57.8 Å². The summed E-state index contributed by atoms with van der Waals surface area (Å²) in [4.78, 5) is 0. The minimum Gasteiger partial charge on any atom is -0.403 e. The largest absolute Gasteiger partial charge is 0.455 e. The molecule has 1 aliphatic heterocycles. The molecule has 0 aromatic carbocycles. The van der Waals surface area contributed by atoms with Crippen LogP contribution in [0.3, 0.4) is 0 Å². The van der Waals surface area contributed by atoms with Crippen LogP contribution in [0.15, 0.2) is 0 Å². The summed E-state index contributed by atoms with van der Waals surface area (Å²) in [6.45, 7) is 8.43. The maximum Gasteiger partial charge on any atom is 0.455 e. The lowest BCUT2D eigenvalue weighted by Crippen LogP contribution is -2.41. The van der Waals surface area contributed by atoms with Gasteiger partial charge in [0, 0.05) is 0 Å². The fourth-order valence-electron chi connectivity index (χ4n) is 3.23. The van der Waals surface area contributed by atoms with Crippen LogP contribution in [-0.2, 0) is 9.31 Å². The summed E-state index contributed by atoms with van der Waals surface area (Å²) in [7, 11) is 6.49. The van der Waals surface area contributed by atoms with Crippen LogP contribution in [0, 0.1) is 0 Å². The Hall–Kier alpha value is 0.0499. The normalized spacial score (nSPS) is 30.1. The number of hydrogen-bond acceptors (Lipinski definition) is 2.